The molecular formula is C14H19BrOS. The van der Waals surface area contributed by atoms with Crippen molar-refractivity contribution in [3.63, 3.8) is 0 Å². The fourth-order valence-corrected chi connectivity index (χ4v) is 4.33. The molecule has 0 N–H and O–H groups in total. The summed E-state index contributed by atoms with van der Waals surface area (Å²) in [6.45, 7) is 6.86. The molecular weight excluding hydrogens is 296 g/mol. The van der Waals surface area contributed by atoms with Crippen molar-refractivity contribution < 1.29 is 4.79 Å². The number of aryl methyl sites for hydroxylation is 1. The summed E-state index contributed by atoms with van der Waals surface area (Å²) in [6, 6.07) is 0. The van der Waals surface area contributed by atoms with Crippen molar-refractivity contribution in [3.8, 4) is 0 Å². The molecule has 2 rings (SSSR count). The second kappa shape index (κ2) is 4.85. The zero-order valence-electron chi connectivity index (χ0n) is 10.7. The van der Waals surface area contributed by atoms with Crippen LogP contribution >= 0.6 is 27.3 Å². The van der Waals surface area contributed by atoms with Gasteiger partial charge in [-0.2, -0.15) is 0 Å². The Hall–Kier alpha value is -0.150. The van der Waals surface area contributed by atoms with Gasteiger partial charge in [0.2, 0.25) is 0 Å². The summed E-state index contributed by atoms with van der Waals surface area (Å²) in [6.07, 6.45) is 4.46. The summed E-state index contributed by atoms with van der Waals surface area (Å²) in [4.78, 5) is 14.4. The second-order valence-corrected chi connectivity index (χ2v) is 7.23. The van der Waals surface area contributed by atoms with Gasteiger partial charge in [-0.05, 0) is 42.2 Å². The minimum absolute atomic E-state index is 0.255. The summed E-state index contributed by atoms with van der Waals surface area (Å²) in [7, 11) is 0. The van der Waals surface area contributed by atoms with Gasteiger partial charge < -0.3 is 0 Å². The molecule has 1 heterocycles. The van der Waals surface area contributed by atoms with E-state index in [0.29, 0.717) is 10.7 Å². The quantitative estimate of drug-likeness (QED) is 0.597. The van der Waals surface area contributed by atoms with Crippen molar-refractivity contribution in [3.05, 3.63) is 20.9 Å². The number of halogens is 1. The lowest BCUT2D eigenvalue weighted by atomic mass is 9.74. The molecule has 0 atom stereocenters. The fraction of sp³-hybridized carbons (Fsp3) is 0.643. The molecule has 0 fully saturated rings. The molecule has 0 aliphatic heterocycles. The van der Waals surface area contributed by atoms with Gasteiger partial charge in [-0.25, -0.2) is 0 Å². The molecule has 0 radical (unpaired) electrons. The third-order valence-corrected chi connectivity index (χ3v) is 5.57. The Kier molecular flexibility index (Phi) is 3.79. The summed E-state index contributed by atoms with van der Waals surface area (Å²) in [5.74, 6) is 0.255. The summed E-state index contributed by atoms with van der Waals surface area (Å²) in [5, 5.41) is 0.451. The Morgan fingerprint density at radius 3 is 2.71 bits per heavy atom. The first-order valence-corrected chi connectivity index (χ1v) is 8.15. The largest absolute Gasteiger partial charge is 0.292 e. The van der Waals surface area contributed by atoms with Crippen LogP contribution in [0.1, 0.15) is 52.9 Å². The normalized spacial score (nSPS) is 17.9. The van der Waals surface area contributed by atoms with Gasteiger partial charge >= 0.3 is 0 Å². The van der Waals surface area contributed by atoms with Crippen LogP contribution in [0.2, 0.25) is 0 Å². The molecule has 1 aliphatic carbocycles. The third kappa shape index (κ3) is 2.50. The average molecular weight is 315 g/mol. The maximum absolute atomic E-state index is 11.9. The predicted octanol–water partition coefficient (Wildman–Crippen LogP) is 4.40. The van der Waals surface area contributed by atoms with Crippen molar-refractivity contribution in [1.29, 1.82) is 0 Å². The first-order chi connectivity index (χ1) is 7.98. The van der Waals surface area contributed by atoms with Crippen molar-refractivity contribution in [2.45, 2.75) is 46.5 Å². The Labute approximate surface area is 116 Å². The first-order valence-electron chi connectivity index (χ1n) is 6.21. The van der Waals surface area contributed by atoms with Crippen molar-refractivity contribution >= 4 is 33.0 Å². The van der Waals surface area contributed by atoms with E-state index in [4.69, 9.17) is 0 Å². The van der Waals surface area contributed by atoms with E-state index in [-0.39, 0.29) is 5.78 Å². The van der Waals surface area contributed by atoms with E-state index < -0.39 is 0 Å². The number of alkyl halides is 1. The van der Waals surface area contributed by atoms with Crippen LogP contribution in [0.25, 0.3) is 0 Å². The highest BCUT2D eigenvalue weighted by atomic mass is 79.9. The van der Waals surface area contributed by atoms with Gasteiger partial charge in [0.1, 0.15) is 0 Å². The molecule has 0 amide bonds. The van der Waals surface area contributed by atoms with Crippen LogP contribution in [0.3, 0.4) is 0 Å². The number of ketones is 1. The van der Waals surface area contributed by atoms with Crippen molar-refractivity contribution in [2.24, 2.45) is 5.41 Å². The van der Waals surface area contributed by atoms with E-state index in [1.54, 1.807) is 11.3 Å². The zero-order valence-corrected chi connectivity index (χ0v) is 13.1. The minimum Gasteiger partial charge on any atom is -0.292 e. The van der Waals surface area contributed by atoms with E-state index in [1.807, 2.05) is 0 Å². The summed E-state index contributed by atoms with van der Waals surface area (Å²) in [5.41, 5.74) is 3.24. The van der Waals surface area contributed by atoms with Crippen LogP contribution in [0.4, 0.5) is 0 Å². The van der Waals surface area contributed by atoms with Gasteiger partial charge in [0.15, 0.2) is 5.78 Å². The third-order valence-electron chi connectivity index (χ3n) is 3.60. The SMILES string of the molecule is CCc1sc(C(=O)CBr)c2c1CC(C)(C)CC2. The number of carbonyl (C=O) groups excluding carboxylic acids is 1. The Bertz CT molecular complexity index is 445. The number of fused-ring (bicyclic) bond motifs is 1. The van der Waals surface area contributed by atoms with E-state index >= 15 is 0 Å². The standard InChI is InChI=1S/C14H19BrOS/c1-4-12-10-7-14(2,3)6-5-9(10)13(17-12)11(16)8-15/h4-8H2,1-3H3. The van der Waals surface area contributed by atoms with Crippen LogP contribution in [0.5, 0.6) is 0 Å². The number of hydrogen-bond donors (Lipinski definition) is 0. The Balaban J connectivity index is 2.47. The number of hydrogen-bond acceptors (Lipinski definition) is 2. The highest BCUT2D eigenvalue weighted by Crippen LogP contribution is 2.41. The average Bonchev–Trinajstić information content (AvgIpc) is 2.64. The maximum atomic E-state index is 11.9. The van der Waals surface area contributed by atoms with Crippen LogP contribution in [-0.2, 0) is 19.3 Å². The van der Waals surface area contributed by atoms with E-state index in [2.05, 4.69) is 36.7 Å². The zero-order chi connectivity index (χ0) is 12.6. The van der Waals surface area contributed by atoms with Gasteiger partial charge in [0.05, 0.1) is 10.2 Å². The van der Waals surface area contributed by atoms with Gasteiger partial charge in [0, 0.05) is 4.88 Å². The molecule has 1 nitrogen and oxygen atoms in total. The molecule has 0 aromatic carbocycles. The molecule has 0 saturated heterocycles. The Morgan fingerprint density at radius 1 is 1.41 bits per heavy atom. The van der Waals surface area contributed by atoms with Crippen LogP contribution in [-0.4, -0.2) is 11.1 Å². The van der Waals surface area contributed by atoms with Gasteiger partial charge in [-0.15, -0.1) is 11.3 Å². The number of thiophene rings is 1. The van der Waals surface area contributed by atoms with Gasteiger partial charge in [-0.3, -0.25) is 4.79 Å². The van der Waals surface area contributed by atoms with E-state index in [1.165, 1.54) is 22.4 Å². The topological polar surface area (TPSA) is 17.1 Å². The van der Waals surface area contributed by atoms with Crippen molar-refractivity contribution in [1.82, 2.24) is 0 Å². The molecule has 94 valence electrons. The summed E-state index contributed by atoms with van der Waals surface area (Å²) < 4.78 is 0. The fourth-order valence-electron chi connectivity index (χ4n) is 2.62. The number of Topliss-reactive ketones (excluding diaryl/α,β-unsaturated/α-hetero) is 1. The van der Waals surface area contributed by atoms with Gasteiger partial charge in [0.25, 0.3) is 0 Å². The van der Waals surface area contributed by atoms with Crippen LogP contribution < -0.4 is 0 Å². The molecule has 0 spiro atoms. The van der Waals surface area contributed by atoms with Crippen LogP contribution in [0.15, 0.2) is 0 Å². The molecule has 1 aliphatic rings. The van der Waals surface area contributed by atoms with Crippen LogP contribution in [0, 0.1) is 5.41 Å². The summed E-state index contributed by atoms with van der Waals surface area (Å²) >= 11 is 5.02. The monoisotopic (exact) mass is 314 g/mol. The molecule has 0 saturated carbocycles. The van der Waals surface area contributed by atoms with E-state index in [0.717, 1.165) is 24.1 Å². The Morgan fingerprint density at radius 2 is 2.12 bits per heavy atom. The minimum atomic E-state index is 0.255. The lowest BCUT2D eigenvalue weighted by molar-refractivity contribution is 0.102. The smallest absolute Gasteiger partial charge is 0.183 e. The molecule has 0 bridgehead atoms. The second-order valence-electron chi connectivity index (χ2n) is 5.56. The molecule has 1 aromatic rings. The maximum Gasteiger partial charge on any atom is 0.183 e. The lowest BCUT2D eigenvalue weighted by Crippen LogP contribution is -2.22. The number of carbonyl (C=O) groups is 1. The molecule has 17 heavy (non-hydrogen) atoms. The highest BCUT2D eigenvalue weighted by Gasteiger charge is 2.31. The highest BCUT2D eigenvalue weighted by molar-refractivity contribution is 9.09. The van der Waals surface area contributed by atoms with E-state index in [9.17, 15) is 4.79 Å². The predicted molar refractivity (Wildman–Crippen MR) is 77.6 cm³/mol. The molecule has 0 unspecified atom stereocenters. The first kappa shape index (κ1) is 13.3. The lowest BCUT2D eigenvalue weighted by Gasteiger charge is -2.30. The number of rotatable bonds is 3. The molecule has 1 aromatic heterocycles. The van der Waals surface area contributed by atoms with Gasteiger partial charge in [-0.1, -0.05) is 36.7 Å². The van der Waals surface area contributed by atoms with Crippen molar-refractivity contribution in [2.75, 3.05) is 5.33 Å². The molecule has 3 heteroatoms.